The SMILES string of the molecule is CCCN(CCC)C(=O)c1ccc(NC(=O)CNc2cccc(C(=O)NCCOC)c2)cc1. The van der Waals surface area contributed by atoms with E-state index in [1.807, 2.05) is 4.90 Å². The predicted octanol–water partition coefficient (Wildman–Crippen LogP) is 3.38. The van der Waals surface area contributed by atoms with Gasteiger partial charge < -0.3 is 25.6 Å². The summed E-state index contributed by atoms with van der Waals surface area (Å²) in [4.78, 5) is 39.0. The molecule has 0 spiro atoms. The minimum atomic E-state index is -0.234. The Morgan fingerprint density at radius 1 is 0.909 bits per heavy atom. The number of rotatable bonds is 13. The first-order valence-electron chi connectivity index (χ1n) is 11.3. The summed E-state index contributed by atoms with van der Waals surface area (Å²) in [6.07, 6.45) is 1.82. The van der Waals surface area contributed by atoms with Crippen LogP contribution < -0.4 is 16.0 Å². The van der Waals surface area contributed by atoms with E-state index in [9.17, 15) is 14.4 Å². The Kier molecular flexibility index (Phi) is 10.9. The van der Waals surface area contributed by atoms with E-state index in [-0.39, 0.29) is 24.3 Å². The zero-order valence-electron chi connectivity index (χ0n) is 19.6. The Hall–Kier alpha value is -3.39. The number of amides is 3. The van der Waals surface area contributed by atoms with E-state index in [0.29, 0.717) is 35.7 Å². The highest BCUT2D eigenvalue weighted by Crippen LogP contribution is 2.13. The van der Waals surface area contributed by atoms with Crippen LogP contribution in [0.1, 0.15) is 47.4 Å². The fourth-order valence-corrected chi connectivity index (χ4v) is 3.26. The maximum absolute atomic E-state index is 12.7. The van der Waals surface area contributed by atoms with E-state index in [0.717, 1.165) is 25.9 Å². The molecule has 0 unspecified atom stereocenters. The van der Waals surface area contributed by atoms with Crippen LogP contribution in [-0.4, -0.2) is 62.5 Å². The monoisotopic (exact) mass is 454 g/mol. The molecule has 0 radical (unpaired) electrons. The molecule has 0 aliphatic heterocycles. The number of ether oxygens (including phenoxy) is 1. The zero-order chi connectivity index (χ0) is 24.1. The zero-order valence-corrected chi connectivity index (χ0v) is 19.6. The minimum Gasteiger partial charge on any atom is -0.383 e. The number of carbonyl (C=O) groups is 3. The molecule has 0 saturated heterocycles. The van der Waals surface area contributed by atoms with Gasteiger partial charge in [0.25, 0.3) is 11.8 Å². The molecule has 0 heterocycles. The smallest absolute Gasteiger partial charge is 0.253 e. The van der Waals surface area contributed by atoms with Gasteiger partial charge >= 0.3 is 0 Å². The Morgan fingerprint density at radius 2 is 1.61 bits per heavy atom. The molecule has 33 heavy (non-hydrogen) atoms. The normalized spacial score (nSPS) is 10.4. The summed E-state index contributed by atoms with van der Waals surface area (Å²) in [5.41, 5.74) is 2.38. The summed E-state index contributed by atoms with van der Waals surface area (Å²) >= 11 is 0. The van der Waals surface area contributed by atoms with Crippen LogP contribution >= 0.6 is 0 Å². The van der Waals surface area contributed by atoms with Crippen LogP contribution in [0.4, 0.5) is 11.4 Å². The Balaban J connectivity index is 1.88. The van der Waals surface area contributed by atoms with Crippen molar-refractivity contribution >= 4 is 29.1 Å². The minimum absolute atomic E-state index is 0.00406. The molecule has 178 valence electrons. The quantitative estimate of drug-likeness (QED) is 0.403. The number of nitrogens with one attached hydrogen (secondary N) is 3. The molecular formula is C25H34N4O4. The Labute approximate surface area is 195 Å². The van der Waals surface area contributed by atoms with E-state index >= 15 is 0 Å². The molecule has 0 fully saturated rings. The van der Waals surface area contributed by atoms with Crippen LogP contribution in [0.3, 0.4) is 0 Å². The van der Waals surface area contributed by atoms with E-state index < -0.39 is 0 Å². The number of hydrogen-bond acceptors (Lipinski definition) is 5. The third-order valence-corrected chi connectivity index (χ3v) is 4.86. The van der Waals surface area contributed by atoms with E-state index in [1.54, 1.807) is 55.6 Å². The molecule has 8 heteroatoms. The molecule has 0 aliphatic rings. The van der Waals surface area contributed by atoms with Crippen molar-refractivity contribution in [3.05, 3.63) is 59.7 Å². The summed E-state index contributed by atoms with van der Waals surface area (Å²) in [5.74, 6) is -0.432. The average molecular weight is 455 g/mol. The van der Waals surface area contributed by atoms with Gasteiger partial charge in [-0.3, -0.25) is 14.4 Å². The first kappa shape index (κ1) is 25.9. The second kappa shape index (κ2) is 13.9. The van der Waals surface area contributed by atoms with Crippen LogP contribution in [0.25, 0.3) is 0 Å². The number of methoxy groups -OCH3 is 1. The Morgan fingerprint density at radius 3 is 2.24 bits per heavy atom. The summed E-state index contributed by atoms with van der Waals surface area (Å²) in [7, 11) is 1.57. The van der Waals surface area contributed by atoms with Crippen molar-refractivity contribution in [3.8, 4) is 0 Å². The Bertz CT molecular complexity index is 909. The molecule has 2 aromatic rings. The van der Waals surface area contributed by atoms with E-state index in [2.05, 4.69) is 29.8 Å². The largest absolute Gasteiger partial charge is 0.383 e. The average Bonchev–Trinajstić information content (AvgIpc) is 2.83. The van der Waals surface area contributed by atoms with Crippen molar-refractivity contribution < 1.29 is 19.1 Å². The maximum Gasteiger partial charge on any atom is 0.253 e. The topological polar surface area (TPSA) is 99.8 Å². The first-order chi connectivity index (χ1) is 16.0. The van der Waals surface area contributed by atoms with Gasteiger partial charge in [0.1, 0.15) is 0 Å². The van der Waals surface area contributed by atoms with Crippen LogP contribution in [-0.2, 0) is 9.53 Å². The van der Waals surface area contributed by atoms with Crippen LogP contribution in [0.5, 0.6) is 0 Å². The molecule has 2 rings (SSSR count). The number of anilines is 2. The van der Waals surface area contributed by atoms with Crippen LogP contribution in [0.15, 0.2) is 48.5 Å². The van der Waals surface area contributed by atoms with Crippen LogP contribution in [0.2, 0.25) is 0 Å². The van der Waals surface area contributed by atoms with Gasteiger partial charge in [0.05, 0.1) is 13.2 Å². The van der Waals surface area contributed by atoms with Gasteiger partial charge in [0.2, 0.25) is 5.91 Å². The summed E-state index contributed by atoms with van der Waals surface area (Å²) in [6.45, 7) is 6.47. The van der Waals surface area contributed by atoms with Crippen molar-refractivity contribution in [3.63, 3.8) is 0 Å². The predicted molar refractivity (Wildman–Crippen MR) is 131 cm³/mol. The van der Waals surface area contributed by atoms with Gasteiger partial charge in [-0.25, -0.2) is 0 Å². The highest BCUT2D eigenvalue weighted by Gasteiger charge is 2.14. The highest BCUT2D eigenvalue weighted by atomic mass is 16.5. The lowest BCUT2D eigenvalue weighted by atomic mass is 10.1. The van der Waals surface area contributed by atoms with Gasteiger partial charge in [-0.2, -0.15) is 0 Å². The number of carbonyl (C=O) groups excluding carboxylic acids is 3. The lowest BCUT2D eigenvalue weighted by Gasteiger charge is -2.21. The number of hydrogen-bond donors (Lipinski definition) is 3. The third-order valence-electron chi connectivity index (χ3n) is 4.86. The number of benzene rings is 2. The van der Waals surface area contributed by atoms with Gasteiger partial charge in [0, 0.05) is 49.2 Å². The highest BCUT2D eigenvalue weighted by molar-refractivity contribution is 5.97. The third kappa shape index (κ3) is 8.57. The lowest BCUT2D eigenvalue weighted by molar-refractivity contribution is -0.114. The van der Waals surface area contributed by atoms with Crippen molar-refractivity contribution in [1.29, 1.82) is 0 Å². The van der Waals surface area contributed by atoms with Gasteiger partial charge in [-0.1, -0.05) is 19.9 Å². The molecule has 3 N–H and O–H groups in total. The molecule has 8 nitrogen and oxygen atoms in total. The molecule has 0 aliphatic carbocycles. The fraction of sp³-hybridized carbons (Fsp3) is 0.400. The van der Waals surface area contributed by atoms with E-state index in [4.69, 9.17) is 4.74 Å². The molecular weight excluding hydrogens is 420 g/mol. The van der Waals surface area contributed by atoms with E-state index in [1.165, 1.54) is 0 Å². The summed E-state index contributed by atoms with van der Waals surface area (Å²) < 4.78 is 4.92. The van der Waals surface area contributed by atoms with Crippen molar-refractivity contribution in [2.24, 2.45) is 0 Å². The molecule has 0 aromatic heterocycles. The molecule has 3 amide bonds. The van der Waals surface area contributed by atoms with Gasteiger partial charge in [0.15, 0.2) is 0 Å². The molecule has 0 atom stereocenters. The summed E-state index contributed by atoms with van der Waals surface area (Å²) in [6, 6.07) is 13.9. The molecule has 0 saturated carbocycles. The van der Waals surface area contributed by atoms with Crippen molar-refractivity contribution in [1.82, 2.24) is 10.2 Å². The summed E-state index contributed by atoms with van der Waals surface area (Å²) in [5, 5.41) is 8.59. The van der Waals surface area contributed by atoms with Gasteiger partial charge in [-0.05, 0) is 55.3 Å². The van der Waals surface area contributed by atoms with Crippen molar-refractivity contribution in [2.45, 2.75) is 26.7 Å². The second-order valence-electron chi connectivity index (χ2n) is 7.60. The fourth-order valence-electron chi connectivity index (χ4n) is 3.26. The lowest BCUT2D eigenvalue weighted by Crippen LogP contribution is -2.32. The van der Waals surface area contributed by atoms with Crippen molar-refractivity contribution in [2.75, 3.05) is 50.5 Å². The van der Waals surface area contributed by atoms with Crippen LogP contribution in [0, 0.1) is 0 Å². The standard InChI is InChI=1S/C25H34N4O4/c1-4-14-29(15-5-2)25(32)19-9-11-21(12-10-19)28-23(30)18-27-22-8-6-7-20(17-22)24(31)26-13-16-33-3/h6-12,17,27H,4-5,13-16,18H2,1-3H3,(H,26,31)(H,28,30). The first-order valence-corrected chi connectivity index (χ1v) is 11.3. The van der Waals surface area contributed by atoms with Gasteiger partial charge in [-0.15, -0.1) is 0 Å². The maximum atomic E-state index is 12.7. The molecule has 0 bridgehead atoms. The second-order valence-corrected chi connectivity index (χ2v) is 7.60. The molecule has 2 aromatic carbocycles. The number of nitrogens with zero attached hydrogens (tertiary/aromatic N) is 1.